The fraction of sp³-hybridized carbons (Fsp3) is 0.0714. The van der Waals surface area contributed by atoms with Crippen LogP contribution in [0.15, 0.2) is 42.5 Å². The van der Waals surface area contributed by atoms with Crippen molar-refractivity contribution in [2.45, 2.75) is 0 Å². The number of benzene rings is 2. The van der Waals surface area contributed by atoms with Gasteiger partial charge in [-0.05, 0) is 41.5 Å². The summed E-state index contributed by atoms with van der Waals surface area (Å²) in [6.07, 6.45) is 0. The molecule has 0 saturated carbocycles. The van der Waals surface area contributed by atoms with Crippen molar-refractivity contribution in [3.63, 3.8) is 0 Å². The van der Waals surface area contributed by atoms with Crippen molar-refractivity contribution < 1.29 is 20.1 Å². The lowest BCUT2D eigenvalue weighted by atomic mass is 9.97. The van der Waals surface area contributed by atoms with Crippen LogP contribution >= 0.6 is 0 Å². The third-order valence-electron chi connectivity index (χ3n) is 2.63. The molecule has 0 aliphatic heterocycles. The predicted octanol–water partition coefficient (Wildman–Crippen LogP) is 1.94. The van der Waals surface area contributed by atoms with E-state index in [-0.39, 0.29) is 11.5 Å². The van der Waals surface area contributed by atoms with E-state index in [9.17, 15) is 15.0 Å². The number of aliphatic hydroxyl groups excluding tert-OH is 1. The lowest BCUT2D eigenvalue weighted by Gasteiger charge is -2.08. The summed E-state index contributed by atoms with van der Waals surface area (Å²) in [5.41, 5.74) is 1.54. The molecule has 0 saturated heterocycles. The summed E-state index contributed by atoms with van der Waals surface area (Å²) in [4.78, 5) is 11.6. The van der Waals surface area contributed by atoms with Gasteiger partial charge in [0.05, 0.1) is 0 Å². The molecule has 0 heterocycles. The smallest absolute Gasteiger partial charge is 0.188 e. The van der Waals surface area contributed by atoms with Gasteiger partial charge < -0.3 is 15.3 Å². The number of rotatable bonds is 3. The van der Waals surface area contributed by atoms with Crippen LogP contribution in [0.1, 0.15) is 10.4 Å². The van der Waals surface area contributed by atoms with Gasteiger partial charge in [-0.25, -0.2) is 0 Å². The molecule has 3 N–H and O–H groups in total. The van der Waals surface area contributed by atoms with E-state index in [2.05, 4.69) is 0 Å². The molecule has 0 radical (unpaired) electrons. The van der Waals surface area contributed by atoms with E-state index in [0.717, 1.165) is 0 Å². The molecule has 0 fully saturated rings. The van der Waals surface area contributed by atoms with Crippen LogP contribution in [0.25, 0.3) is 11.1 Å². The predicted molar refractivity (Wildman–Crippen MR) is 66.6 cm³/mol. The summed E-state index contributed by atoms with van der Waals surface area (Å²) in [6.45, 7) is -0.587. The Morgan fingerprint density at radius 2 is 1.56 bits per heavy atom. The Morgan fingerprint density at radius 1 is 0.944 bits per heavy atom. The first-order valence-corrected chi connectivity index (χ1v) is 5.38. The summed E-state index contributed by atoms with van der Waals surface area (Å²) >= 11 is 0. The van der Waals surface area contributed by atoms with Crippen molar-refractivity contribution in [3.8, 4) is 22.6 Å². The Bertz CT molecular complexity index is 573. The maximum atomic E-state index is 11.6. The maximum absolute atomic E-state index is 11.6. The number of phenols is 2. The minimum atomic E-state index is -0.587. The normalized spacial score (nSPS) is 10.3. The van der Waals surface area contributed by atoms with Gasteiger partial charge in [0.15, 0.2) is 5.78 Å². The van der Waals surface area contributed by atoms with Crippen LogP contribution in [0.4, 0.5) is 0 Å². The minimum Gasteiger partial charge on any atom is -0.508 e. The molecule has 0 aromatic heterocycles. The lowest BCUT2D eigenvalue weighted by Crippen LogP contribution is -2.06. The molecule has 4 heteroatoms. The second-order valence-electron chi connectivity index (χ2n) is 3.86. The van der Waals surface area contributed by atoms with Crippen molar-refractivity contribution in [1.29, 1.82) is 0 Å². The Labute approximate surface area is 104 Å². The highest BCUT2D eigenvalue weighted by molar-refractivity contribution is 6.03. The van der Waals surface area contributed by atoms with Gasteiger partial charge >= 0.3 is 0 Å². The van der Waals surface area contributed by atoms with Gasteiger partial charge in [-0.15, -0.1) is 0 Å². The minimum absolute atomic E-state index is 0.0348. The maximum Gasteiger partial charge on any atom is 0.188 e. The van der Waals surface area contributed by atoms with Gasteiger partial charge in [-0.2, -0.15) is 0 Å². The standard InChI is InChI=1S/C14H12O4/c15-8-14(18)12-6-5-11(17)7-13(12)9-1-3-10(16)4-2-9/h1-7,15-17H,8H2. The zero-order chi connectivity index (χ0) is 13.1. The molecule has 0 unspecified atom stereocenters. The molecule has 2 rings (SSSR count). The first kappa shape index (κ1) is 12.1. The summed E-state index contributed by atoms with van der Waals surface area (Å²) in [5.74, 6) is -0.264. The fourth-order valence-corrected chi connectivity index (χ4v) is 1.74. The van der Waals surface area contributed by atoms with Gasteiger partial charge in [-0.3, -0.25) is 4.79 Å². The van der Waals surface area contributed by atoms with Crippen LogP contribution in [-0.4, -0.2) is 27.7 Å². The van der Waals surface area contributed by atoms with Crippen LogP contribution in [0.2, 0.25) is 0 Å². The average Bonchev–Trinajstić information content (AvgIpc) is 2.38. The summed E-state index contributed by atoms with van der Waals surface area (Å²) < 4.78 is 0. The summed E-state index contributed by atoms with van der Waals surface area (Å²) in [5, 5.41) is 27.6. The molecular formula is C14H12O4. The summed E-state index contributed by atoms with van der Waals surface area (Å²) in [6, 6.07) is 10.6. The molecule has 18 heavy (non-hydrogen) atoms. The van der Waals surface area contributed by atoms with Crippen molar-refractivity contribution in [2.75, 3.05) is 6.61 Å². The van der Waals surface area contributed by atoms with Crippen molar-refractivity contribution in [2.24, 2.45) is 0 Å². The number of phenolic OH excluding ortho intramolecular Hbond substituents is 2. The molecule has 2 aromatic rings. The number of Topliss-reactive ketones (excluding diaryl/α,β-unsaturated/α-hetero) is 1. The van der Waals surface area contributed by atoms with Crippen molar-refractivity contribution in [1.82, 2.24) is 0 Å². The SMILES string of the molecule is O=C(CO)c1ccc(O)cc1-c1ccc(O)cc1. The Hall–Kier alpha value is -2.33. The zero-order valence-electron chi connectivity index (χ0n) is 9.50. The number of hydrogen-bond acceptors (Lipinski definition) is 4. The van der Waals surface area contributed by atoms with Gasteiger partial charge in [0.25, 0.3) is 0 Å². The van der Waals surface area contributed by atoms with Gasteiger partial charge in [0, 0.05) is 5.56 Å². The molecule has 0 spiro atoms. The van der Waals surface area contributed by atoms with E-state index >= 15 is 0 Å². The van der Waals surface area contributed by atoms with Crippen LogP contribution < -0.4 is 0 Å². The highest BCUT2D eigenvalue weighted by Crippen LogP contribution is 2.29. The van der Waals surface area contributed by atoms with Crippen LogP contribution in [0.5, 0.6) is 11.5 Å². The van der Waals surface area contributed by atoms with E-state index in [1.807, 2.05) is 0 Å². The third kappa shape index (κ3) is 2.33. The topological polar surface area (TPSA) is 77.8 Å². The monoisotopic (exact) mass is 244 g/mol. The molecule has 0 aliphatic carbocycles. The van der Waals surface area contributed by atoms with E-state index in [1.54, 1.807) is 12.1 Å². The van der Waals surface area contributed by atoms with Crippen molar-refractivity contribution >= 4 is 5.78 Å². The van der Waals surface area contributed by atoms with Gasteiger partial charge in [0.1, 0.15) is 18.1 Å². The Morgan fingerprint density at radius 3 is 2.17 bits per heavy atom. The number of hydrogen-bond donors (Lipinski definition) is 3. The molecule has 2 aromatic carbocycles. The van der Waals surface area contributed by atoms with E-state index in [4.69, 9.17) is 5.11 Å². The van der Waals surface area contributed by atoms with Crippen molar-refractivity contribution in [3.05, 3.63) is 48.0 Å². The second-order valence-corrected chi connectivity index (χ2v) is 3.86. The molecule has 0 amide bonds. The molecular weight excluding hydrogens is 232 g/mol. The molecule has 0 bridgehead atoms. The van der Waals surface area contributed by atoms with E-state index in [1.165, 1.54) is 30.3 Å². The number of carbonyl (C=O) groups excluding carboxylic acids is 1. The van der Waals surface area contributed by atoms with Crippen LogP contribution in [0, 0.1) is 0 Å². The number of carbonyl (C=O) groups is 1. The lowest BCUT2D eigenvalue weighted by molar-refractivity contribution is 0.0904. The fourth-order valence-electron chi connectivity index (χ4n) is 1.74. The highest BCUT2D eigenvalue weighted by Gasteiger charge is 2.12. The van der Waals surface area contributed by atoms with Gasteiger partial charge in [0.2, 0.25) is 0 Å². The average molecular weight is 244 g/mol. The molecule has 4 nitrogen and oxygen atoms in total. The first-order chi connectivity index (χ1) is 8.61. The number of aromatic hydroxyl groups is 2. The number of aliphatic hydroxyl groups is 1. The highest BCUT2D eigenvalue weighted by atomic mass is 16.3. The Balaban J connectivity index is 2.57. The van der Waals surface area contributed by atoms with Crippen LogP contribution in [-0.2, 0) is 0 Å². The first-order valence-electron chi connectivity index (χ1n) is 5.38. The largest absolute Gasteiger partial charge is 0.508 e. The van der Waals surface area contributed by atoms with Gasteiger partial charge in [-0.1, -0.05) is 12.1 Å². The third-order valence-corrected chi connectivity index (χ3v) is 2.63. The van der Waals surface area contributed by atoms with Crippen LogP contribution in [0.3, 0.4) is 0 Å². The number of ketones is 1. The quantitative estimate of drug-likeness (QED) is 0.721. The molecule has 0 aliphatic rings. The summed E-state index contributed by atoms with van der Waals surface area (Å²) in [7, 11) is 0. The molecule has 92 valence electrons. The molecule has 0 atom stereocenters. The Kier molecular flexibility index (Phi) is 3.30. The van der Waals surface area contributed by atoms with E-state index < -0.39 is 12.4 Å². The second kappa shape index (κ2) is 4.89. The van der Waals surface area contributed by atoms with E-state index in [0.29, 0.717) is 16.7 Å². The zero-order valence-corrected chi connectivity index (χ0v) is 9.50.